The Bertz CT molecular complexity index is 871. The van der Waals surface area contributed by atoms with E-state index < -0.39 is 29.6 Å². The zero-order valence-corrected chi connectivity index (χ0v) is 14.7. The number of benzene rings is 1. The third-order valence-corrected chi connectivity index (χ3v) is 3.92. The van der Waals surface area contributed by atoms with Gasteiger partial charge in [-0.15, -0.1) is 0 Å². The molecule has 0 atom stereocenters. The van der Waals surface area contributed by atoms with Crippen LogP contribution in [0.3, 0.4) is 0 Å². The predicted octanol–water partition coefficient (Wildman–Crippen LogP) is 2.82. The van der Waals surface area contributed by atoms with E-state index in [0.29, 0.717) is 30.8 Å². The van der Waals surface area contributed by atoms with Crippen LogP contribution in [-0.2, 0) is 23.9 Å². The first-order valence-corrected chi connectivity index (χ1v) is 8.31. The summed E-state index contributed by atoms with van der Waals surface area (Å²) < 4.78 is 39.0. The summed E-state index contributed by atoms with van der Waals surface area (Å²) >= 11 is 0. The van der Waals surface area contributed by atoms with Crippen LogP contribution in [0.4, 0.5) is 13.2 Å². The smallest absolute Gasteiger partial charge is 0.356 e. The number of amides is 1. The molecule has 1 N–H and O–H groups in total. The molecule has 1 aromatic carbocycles. The predicted molar refractivity (Wildman–Crippen MR) is 93.5 cm³/mol. The van der Waals surface area contributed by atoms with Gasteiger partial charge in [0, 0.05) is 31.3 Å². The summed E-state index contributed by atoms with van der Waals surface area (Å²) in [6.45, 7) is 1.52. The fourth-order valence-corrected chi connectivity index (χ4v) is 2.48. The van der Waals surface area contributed by atoms with Crippen molar-refractivity contribution in [3.05, 3.63) is 69.6 Å². The van der Waals surface area contributed by atoms with Crippen LogP contribution in [0, 0.1) is 0 Å². The molecule has 27 heavy (non-hydrogen) atoms. The molecule has 144 valence electrons. The highest BCUT2D eigenvalue weighted by Gasteiger charge is 2.31. The molecule has 0 radical (unpaired) electrons. The fraction of sp³-hybridized carbons (Fsp3) is 0.316. The van der Waals surface area contributed by atoms with Crippen LogP contribution in [0.5, 0.6) is 0 Å². The average molecular weight is 380 g/mol. The van der Waals surface area contributed by atoms with Gasteiger partial charge in [-0.05, 0) is 24.5 Å². The molecule has 0 saturated carbocycles. The lowest BCUT2D eigenvalue weighted by Gasteiger charge is -2.10. The van der Waals surface area contributed by atoms with Crippen molar-refractivity contribution in [1.82, 2.24) is 9.88 Å². The second-order valence-electron chi connectivity index (χ2n) is 6.09. The van der Waals surface area contributed by atoms with Gasteiger partial charge in [-0.2, -0.15) is 13.2 Å². The molecule has 0 spiro atoms. The normalized spacial score (nSPS) is 11.3. The maximum atomic E-state index is 12.8. The molecule has 0 fully saturated rings. The van der Waals surface area contributed by atoms with Gasteiger partial charge in [0.15, 0.2) is 5.78 Å². The van der Waals surface area contributed by atoms with Gasteiger partial charge in [0.25, 0.3) is 5.56 Å². The molecule has 0 bridgehead atoms. The van der Waals surface area contributed by atoms with Crippen molar-refractivity contribution < 1.29 is 22.8 Å². The van der Waals surface area contributed by atoms with Crippen molar-refractivity contribution in [2.75, 3.05) is 6.54 Å². The van der Waals surface area contributed by atoms with Crippen LogP contribution < -0.4 is 10.9 Å². The lowest BCUT2D eigenvalue weighted by molar-refractivity contribution is -0.138. The molecule has 0 aliphatic carbocycles. The molecule has 5 nitrogen and oxygen atoms in total. The van der Waals surface area contributed by atoms with Crippen LogP contribution >= 0.6 is 0 Å². The van der Waals surface area contributed by atoms with Crippen molar-refractivity contribution in [3.63, 3.8) is 0 Å². The highest BCUT2D eigenvalue weighted by molar-refractivity contribution is 5.95. The second-order valence-corrected chi connectivity index (χ2v) is 6.09. The van der Waals surface area contributed by atoms with Crippen molar-refractivity contribution >= 4 is 11.7 Å². The molecular formula is C19H19F3N2O3. The Morgan fingerprint density at radius 3 is 2.33 bits per heavy atom. The number of hydrogen-bond donors (Lipinski definition) is 1. The van der Waals surface area contributed by atoms with Gasteiger partial charge in [0.2, 0.25) is 5.91 Å². The molecule has 1 aromatic heterocycles. The summed E-state index contributed by atoms with van der Waals surface area (Å²) in [5.74, 6) is -0.554. The van der Waals surface area contributed by atoms with Crippen molar-refractivity contribution in [2.45, 2.75) is 32.5 Å². The quantitative estimate of drug-likeness (QED) is 0.593. The summed E-state index contributed by atoms with van der Waals surface area (Å²) in [6.07, 6.45) is -2.48. The lowest BCUT2D eigenvalue weighted by Crippen LogP contribution is -2.25. The summed E-state index contributed by atoms with van der Waals surface area (Å²) in [7, 11) is 0. The van der Waals surface area contributed by atoms with Crippen LogP contribution in [0.2, 0.25) is 0 Å². The molecule has 1 heterocycles. The van der Waals surface area contributed by atoms with Crippen molar-refractivity contribution in [2.24, 2.45) is 0 Å². The van der Waals surface area contributed by atoms with E-state index in [1.807, 2.05) is 0 Å². The molecule has 0 saturated heterocycles. The number of nitrogens with one attached hydrogen (secondary N) is 1. The number of carbonyl (C=O) groups is 2. The maximum absolute atomic E-state index is 12.8. The standard InChI is InChI=1S/C19H19F3N2O3/c1-13(25)23-10-2-3-14-4-6-15(7-5-14)17(26)12-24-11-16(19(20,21)22)8-9-18(24)27/h4-9,11H,2-3,10,12H2,1H3,(H,23,25). The lowest BCUT2D eigenvalue weighted by atomic mass is 10.0. The zero-order chi connectivity index (χ0) is 20.0. The van der Waals surface area contributed by atoms with Gasteiger partial charge in [0.05, 0.1) is 12.1 Å². The maximum Gasteiger partial charge on any atom is 0.417 e. The van der Waals surface area contributed by atoms with Crippen molar-refractivity contribution in [1.29, 1.82) is 0 Å². The van der Waals surface area contributed by atoms with E-state index in [4.69, 9.17) is 0 Å². The number of nitrogens with zero attached hydrogens (tertiary/aromatic N) is 1. The molecule has 2 aromatic rings. The first kappa shape index (κ1) is 20.4. The van der Waals surface area contributed by atoms with E-state index >= 15 is 0 Å². The Morgan fingerprint density at radius 1 is 1.07 bits per heavy atom. The SMILES string of the molecule is CC(=O)NCCCc1ccc(C(=O)Cn2cc(C(F)(F)F)ccc2=O)cc1. The Kier molecular flexibility index (Phi) is 6.55. The Balaban J connectivity index is 2.02. The van der Waals surface area contributed by atoms with Gasteiger partial charge in [-0.25, -0.2) is 0 Å². The van der Waals surface area contributed by atoms with Crippen molar-refractivity contribution in [3.8, 4) is 0 Å². The molecule has 0 aliphatic rings. The average Bonchev–Trinajstić information content (AvgIpc) is 2.60. The van der Waals surface area contributed by atoms with E-state index in [-0.39, 0.29) is 5.91 Å². The van der Waals surface area contributed by atoms with Gasteiger partial charge in [-0.3, -0.25) is 14.4 Å². The Labute approximate surface area is 153 Å². The minimum Gasteiger partial charge on any atom is -0.356 e. The summed E-state index contributed by atoms with van der Waals surface area (Å²) in [6, 6.07) is 8.14. The van der Waals surface area contributed by atoms with E-state index in [2.05, 4.69) is 5.32 Å². The third-order valence-electron chi connectivity index (χ3n) is 3.92. The van der Waals surface area contributed by atoms with Gasteiger partial charge < -0.3 is 9.88 Å². The van der Waals surface area contributed by atoms with Gasteiger partial charge in [-0.1, -0.05) is 24.3 Å². The third kappa shape index (κ3) is 6.09. The monoisotopic (exact) mass is 380 g/mol. The Morgan fingerprint density at radius 2 is 1.74 bits per heavy atom. The summed E-state index contributed by atoms with van der Waals surface area (Å²) in [5, 5.41) is 2.69. The number of pyridine rings is 1. The summed E-state index contributed by atoms with van der Waals surface area (Å²) in [5.41, 5.74) is -0.381. The molecule has 8 heteroatoms. The zero-order valence-electron chi connectivity index (χ0n) is 14.7. The van der Waals surface area contributed by atoms with Crippen LogP contribution in [-0.4, -0.2) is 22.8 Å². The number of halogens is 3. The molecular weight excluding hydrogens is 361 g/mol. The molecule has 0 unspecified atom stereocenters. The minimum atomic E-state index is -4.59. The van der Waals surface area contributed by atoms with E-state index in [1.165, 1.54) is 6.92 Å². The van der Waals surface area contributed by atoms with E-state index in [0.717, 1.165) is 22.6 Å². The topological polar surface area (TPSA) is 68.2 Å². The molecule has 2 rings (SSSR count). The number of rotatable bonds is 7. The first-order valence-electron chi connectivity index (χ1n) is 8.31. The number of Topliss-reactive ketones (excluding diaryl/α,β-unsaturated/α-hetero) is 1. The number of ketones is 1. The van der Waals surface area contributed by atoms with Gasteiger partial charge >= 0.3 is 6.18 Å². The van der Waals surface area contributed by atoms with Crippen LogP contribution in [0.15, 0.2) is 47.4 Å². The largest absolute Gasteiger partial charge is 0.417 e. The summed E-state index contributed by atoms with van der Waals surface area (Å²) in [4.78, 5) is 34.8. The van der Waals surface area contributed by atoms with Crippen LogP contribution in [0.25, 0.3) is 0 Å². The molecule has 1 amide bonds. The highest BCUT2D eigenvalue weighted by atomic mass is 19.4. The number of hydrogen-bond acceptors (Lipinski definition) is 3. The Hall–Kier alpha value is -2.90. The number of aryl methyl sites for hydroxylation is 1. The highest BCUT2D eigenvalue weighted by Crippen LogP contribution is 2.28. The fourth-order valence-electron chi connectivity index (χ4n) is 2.48. The second kappa shape index (κ2) is 8.66. The first-order chi connectivity index (χ1) is 12.7. The minimum absolute atomic E-state index is 0.0965. The van der Waals surface area contributed by atoms with Crippen LogP contribution in [0.1, 0.15) is 34.8 Å². The number of aromatic nitrogens is 1. The molecule has 0 aliphatic heterocycles. The van der Waals surface area contributed by atoms with Gasteiger partial charge in [0.1, 0.15) is 0 Å². The van der Waals surface area contributed by atoms with E-state index in [9.17, 15) is 27.6 Å². The number of carbonyl (C=O) groups excluding carboxylic acids is 2. The number of alkyl halides is 3. The van der Waals surface area contributed by atoms with E-state index in [1.54, 1.807) is 24.3 Å².